The number of nitrogens with zero attached hydrogens (tertiary/aromatic N) is 1. The Morgan fingerprint density at radius 1 is 1.47 bits per heavy atom. The normalized spacial score (nSPS) is 20.4. The summed E-state index contributed by atoms with van der Waals surface area (Å²) in [7, 11) is -2.43. The van der Waals surface area contributed by atoms with Crippen molar-refractivity contribution >= 4 is 16.0 Å². The van der Waals surface area contributed by atoms with E-state index in [1.807, 2.05) is 0 Å². The van der Waals surface area contributed by atoms with Crippen LogP contribution in [-0.2, 0) is 14.8 Å². The van der Waals surface area contributed by atoms with Crippen LogP contribution in [-0.4, -0.2) is 50.1 Å². The molecule has 1 aromatic carbocycles. The quantitative estimate of drug-likeness (QED) is 0.804. The van der Waals surface area contributed by atoms with Gasteiger partial charge in [0.1, 0.15) is 0 Å². The van der Waals surface area contributed by atoms with Crippen LogP contribution in [0.5, 0.6) is 0 Å². The number of sulfonamides is 1. The van der Waals surface area contributed by atoms with E-state index in [0.717, 1.165) is 0 Å². The lowest BCUT2D eigenvalue weighted by atomic mass is 10.2. The van der Waals surface area contributed by atoms with E-state index in [4.69, 9.17) is 0 Å². The number of benzene rings is 1. The summed E-state index contributed by atoms with van der Waals surface area (Å²) in [6.07, 6.45) is -0.200. The van der Waals surface area contributed by atoms with Gasteiger partial charge in [-0.3, -0.25) is 0 Å². The van der Waals surface area contributed by atoms with Crippen molar-refractivity contribution in [1.82, 2.24) is 4.31 Å². The second-order valence-electron chi connectivity index (χ2n) is 4.32. The molecule has 1 saturated heterocycles. The molecule has 0 amide bonds. The molecule has 1 aliphatic heterocycles. The average molecular weight is 285 g/mol. The van der Waals surface area contributed by atoms with Crippen LogP contribution in [0, 0.1) is 0 Å². The third kappa shape index (κ3) is 2.78. The lowest BCUT2D eigenvalue weighted by Crippen LogP contribution is -2.29. The summed E-state index contributed by atoms with van der Waals surface area (Å²) >= 11 is 0. The van der Waals surface area contributed by atoms with Gasteiger partial charge in [-0.05, 0) is 24.6 Å². The van der Waals surface area contributed by atoms with Crippen LogP contribution >= 0.6 is 0 Å². The Balaban J connectivity index is 2.33. The van der Waals surface area contributed by atoms with Crippen LogP contribution in [0.15, 0.2) is 29.2 Å². The molecule has 1 N–H and O–H groups in total. The Labute approximate surface area is 111 Å². The lowest BCUT2D eigenvalue weighted by molar-refractivity contribution is 0.0600. The third-order valence-corrected chi connectivity index (χ3v) is 4.88. The fraction of sp³-hybridized carbons (Fsp3) is 0.417. The Morgan fingerprint density at radius 3 is 2.79 bits per heavy atom. The van der Waals surface area contributed by atoms with Crippen molar-refractivity contribution in [3.05, 3.63) is 29.8 Å². The first-order chi connectivity index (χ1) is 8.95. The first-order valence-electron chi connectivity index (χ1n) is 5.82. The number of ether oxygens (including phenoxy) is 1. The van der Waals surface area contributed by atoms with Crippen LogP contribution in [0.3, 0.4) is 0 Å². The number of aliphatic hydroxyl groups is 1. The lowest BCUT2D eigenvalue weighted by Gasteiger charge is -2.16. The predicted molar refractivity (Wildman–Crippen MR) is 67.2 cm³/mol. The smallest absolute Gasteiger partial charge is 0.337 e. The Bertz CT molecular complexity index is 584. The monoisotopic (exact) mass is 285 g/mol. The SMILES string of the molecule is COC(=O)c1cccc(S(=O)(=O)N2CC[C@H](O)C2)c1. The molecular weight excluding hydrogens is 270 g/mol. The van der Waals surface area contributed by atoms with Crippen molar-refractivity contribution in [3.8, 4) is 0 Å². The summed E-state index contributed by atoms with van der Waals surface area (Å²) in [5, 5.41) is 9.41. The average Bonchev–Trinajstić information content (AvgIpc) is 2.85. The van der Waals surface area contributed by atoms with E-state index in [1.54, 1.807) is 0 Å². The maximum absolute atomic E-state index is 12.3. The molecule has 0 aromatic heterocycles. The van der Waals surface area contributed by atoms with Crippen LogP contribution in [0.1, 0.15) is 16.8 Å². The number of esters is 1. The van der Waals surface area contributed by atoms with Gasteiger partial charge in [-0.2, -0.15) is 4.31 Å². The summed E-state index contributed by atoms with van der Waals surface area (Å²) in [5.74, 6) is -0.585. The first kappa shape index (κ1) is 14.0. The predicted octanol–water partition coefficient (Wildman–Crippen LogP) is 0.228. The molecule has 0 aliphatic carbocycles. The number of carbonyl (C=O) groups excluding carboxylic acids is 1. The van der Waals surface area contributed by atoms with Crippen LogP contribution < -0.4 is 0 Å². The molecule has 0 bridgehead atoms. The van der Waals surface area contributed by atoms with Crippen molar-refractivity contribution in [2.75, 3.05) is 20.2 Å². The molecule has 19 heavy (non-hydrogen) atoms. The van der Waals surface area contributed by atoms with Gasteiger partial charge in [0.2, 0.25) is 10.0 Å². The molecule has 0 radical (unpaired) electrons. The fourth-order valence-corrected chi connectivity index (χ4v) is 3.52. The molecule has 1 heterocycles. The molecule has 0 unspecified atom stereocenters. The van der Waals surface area contributed by atoms with Gasteiger partial charge in [-0.15, -0.1) is 0 Å². The summed E-state index contributed by atoms with van der Waals surface area (Å²) in [5.41, 5.74) is 0.184. The highest BCUT2D eigenvalue weighted by Gasteiger charge is 2.31. The number of rotatable bonds is 3. The molecule has 1 atom stereocenters. The fourth-order valence-electron chi connectivity index (χ4n) is 1.98. The molecule has 0 spiro atoms. The van der Waals surface area contributed by atoms with Crippen molar-refractivity contribution in [2.45, 2.75) is 17.4 Å². The molecular formula is C12H15NO5S. The largest absolute Gasteiger partial charge is 0.465 e. The van der Waals surface area contributed by atoms with E-state index < -0.39 is 22.1 Å². The summed E-state index contributed by atoms with van der Waals surface area (Å²) < 4.78 is 30.4. The minimum absolute atomic E-state index is 0.0319. The first-order valence-corrected chi connectivity index (χ1v) is 7.26. The Morgan fingerprint density at radius 2 is 2.21 bits per heavy atom. The second-order valence-corrected chi connectivity index (χ2v) is 6.26. The Kier molecular flexibility index (Phi) is 3.88. The van der Waals surface area contributed by atoms with E-state index in [0.29, 0.717) is 6.42 Å². The number of hydrogen-bond acceptors (Lipinski definition) is 5. The molecule has 1 aliphatic rings. The number of β-amino-alcohol motifs (C(OH)–C–C–N with tert-alkyl or cyclic N) is 1. The molecule has 0 saturated carbocycles. The van der Waals surface area contributed by atoms with Crippen LogP contribution in [0.2, 0.25) is 0 Å². The number of carbonyl (C=O) groups is 1. The second kappa shape index (κ2) is 5.28. The zero-order valence-electron chi connectivity index (χ0n) is 10.4. The van der Waals surface area contributed by atoms with E-state index in [1.165, 1.54) is 35.7 Å². The molecule has 7 heteroatoms. The summed E-state index contributed by atoms with van der Waals surface area (Å²) in [4.78, 5) is 11.4. The topological polar surface area (TPSA) is 83.9 Å². The zero-order chi connectivity index (χ0) is 14.0. The zero-order valence-corrected chi connectivity index (χ0v) is 11.3. The minimum Gasteiger partial charge on any atom is -0.465 e. The van der Waals surface area contributed by atoms with Gasteiger partial charge in [0, 0.05) is 13.1 Å². The van der Waals surface area contributed by atoms with E-state index in [-0.39, 0.29) is 23.5 Å². The molecule has 6 nitrogen and oxygen atoms in total. The van der Waals surface area contributed by atoms with Gasteiger partial charge in [-0.25, -0.2) is 13.2 Å². The highest BCUT2D eigenvalue weighted by Crippen LogP contribution is 2.22. The van der Waals surface area contributed by atoms with Crippen LogP contribution in [0.25, 0.3) is 0 Å². The van der Waals surface area contributed by atoms with Crippen molar-refractivity contribution in [3.63, 3.8) is 0 Å². The van der Waals surface area contributed by atoms with Gasteiger partial charge in [0.05, 0.1) is 23.7 Å². The molecule has 1 aromatic rings. The molecule has 1 fully saturated rings. The standard InChI is InChI=1S/C12H15NO5S/c1-18-12(15)9-3-2-4-11(7-9)19(16,17)13-6-5-10(14)8-13/h2-4,7,10,14H,5-6,8H2,1H3/t10-/m0/s1. The Hall–Kier alpha value is -1.44. The van der Waals surface area contributed by atoms with E-state index in [2.05, 4.69) is 4.74 Å². The molecule has 104 valence electrons. The maximum atomic E-state index is 12.3. The summed E-state index contributed by atoms with van der Waals surface area (Å²) in [6, 6.07) is 5.69. The minimum atomic E-state index is -3.67. The van der Waals surface area contributed by atoms with Gasteiger partial charge >= 0.3 is 5.97 Å². The number of methoxy groups -OCH3 is 1. The highest BCUT2D eigenvalue weighted by molar-refractivity contribution is 7.89. The third-order valence-electron chi connectivity index (χ3n) is 3.02. The summed E-state index contributed by atoms with van der Waals surface area (Å²) in [6.45, 7) is 0.372. The van der Waals surface area contributed by atoms with E-state index in [9.17, 15) is 18.3 Å². The van der Waals surface area contributed by atoms with E-state index >= 15 is 0 Å². The van der Waals surface area contributed by atoms with Crippen molar-refractivity contribution in [1.29, 1.82) is 0 Å². The van der Waals surface area contributed by atoms with Gasteiger partial charge in [0.15, 0.2) is 0 Å². The number of hydrogen-bond donors (Lipinski definition) is 1. The maximum Gasteiger partial charge on any atom is 0.337 e. The van der Waals surface area contributed by atoms with Crippen molar-refractivity contribution in [2.24, 2.45) is 0 Å². The molecule has 2 rings (SSSR count). The van der Waals surface area contributed by atoms with Crippen molar-refractivity contribution < 1.29 is 23.1 Å². The van der Waals surface area contributed by atoms with Gasteiger partial charge in [-0.1, -0.05) is 6.07 Å². The number of aliphatic hydroxyl groups excluding tert-OH is 1. The van der Waals surface area contributed by atoms with Crippen LogP contribution in [0.4, 0.5) is 0 Å². The highest BCUT2D eigenvalue weighted by atomic mass is 32.2. The van der Waals surface area contributed by atoms with Gasteiger partial charge in [0.25, 0.3) is 0 Å². The van der Waals surface area contributed by atoms with Gasteiger partial charge < -0.3 is 9.84 Å².